The first kappa shape index (κ1) is 14.6. The van der Waals surface area contributed by atoms with Crippen LogP contribution in [0.5, 0.6) is 0 Å². The van der Waals surface area contributed by atoms with Crippen molar-refractivity contribution in [2.24, 2.45) is 0 Å². The van der Waals surface area contributed by atoms with E-state index in [0.29, 0.717) is 12.5 Å². The van der Waals surface area contributed by atoms with Crippen molar-refractivity contribution >= 4 is 5.97 Å². The maximum absolute atomic E-state index is 10.8. The molecule has 0 spiro atoms. The van der Waals surface area contributed by atoms with Crippen LogP contribution < -0.4 is 0 Å². The van der Waals surface area contributed by atoms with Crippen molar-refractivity contribution in [1.82, 2.24) is 4.90 Å². The molecule has 0 aromatic heterocycles. The van der Waals surface area contributed by atoms with Gasteiger partial charge in [-0.3, -0.25) is 9.69 Å². The Morgan fingerprint density at radius 2 is 2.00 bits per heavy atom. The molecule has 114 valence electrons. The SMILES string of the molecule is O=C(O)CCC1CCCCN1Cc1ccccc1C1CC1. The summed E-state index contributed by atoms with van der Waals surface area (Å²) >= 11 is 0. The fourth-order valence-corrected chi connectivity index (χ4v) is 3.57. The second-order valence-electron chi connectivity index (χ2n) is 6.53. The highest BCUT2D eigenvalue weighted by Crippen LogP contribution is 2.42. The van der Waals surface area contributed by atoms with E-state index in [4.69, 9.17) is 5.11 Å². The summed E-state index contributed by atoms with van der Waals surface area (Å²) < 4.78 is 0. The van der Waals surface area contributed by atoms with Crippen LogP contribution in [0.1, 0.15) is 62.0 Å². The molecule has 1 unspecified atom stereocenters. The second-order valence-corrected chi connectivity index (χ2v) is 6.53. The molecule has 21 heavy (non-hydrogen) atoms. The molecule has 1 aliphatic carbocycles. The van der Waals surface area contributed by atoms with Gasteiger partial charge in [-0.15, -0.1) is 0 Å². The molecule has 0 bridgehead atoms. The Balaban J connectivity index is 1.68. The summed E-state index contributed by atoms with van der Waals surface area (Å²) in [5.74, 6) is 0.113. The summed E-state index contributed by atoms with van der Waals surface area (Å²) in [5, 5.41) is 8.93. The predicted octanol–water partition coefficient (Wildman–Crippen LogP) is 3.78. The number of hydrogen-bond acceptors (Lipinski definition) is 2. The number of rotatable bonds is 6. The number of carboxylic acids is 1. The highest BCUT2D eigenvalue weighted by atomic mass is 16.4. The molecule has 0 amide bonds. The molecular weight excluding hydrogens is 262 g/mol. The molecule has 3 rings (SSSR count). The molecule has 1 heterocycles. The zero-order valence-corrected chi connectivity index (χ0v) is 12.6. The van der Waals surface area contributed by atoms with E-state index in [1.165, 1.54) is 36.8 Å². The minimum Gasteiger partial charge on any atom is -0.481 e. The minimum atomic E-state index is -0.668. The van der Waals surface area contributed by atoms with E-state index in [-0.39, 0.29) is 0 Å². The number of hydrogen-bond donors (Lipinski definition) is 1. The van der Waals surface area contributed by atoms with E-state index in [1.807, 2.05) is 0 Å². The lowest BCUT2D eigenvalue weighted by atomic mass is 9.95. The van der Waals surface area contributed by atoms with Gasteiger partial charge >= 0.3 is 5.97 Å². The molecular formula is C18H25NO2. The topological polar surface area (TPSA) is 40.5 Å². The second kappa shape index (κ2) is 6.61. The molecule has 3 heteroatoms. The Bertz CT molecular complexity index is 496. The van der Waals surface area contributed by atoms with Crippen molar-refractivity contribution in [3.05, 3.63) is 35.4 Å². The number of piperidine rings is 1. The molecule has 1 N–H and O–H groups in total. The van der Waals surface area contributed by atoms with Gasteiger partial charge < -0.3 is 5.11 Å². The van der Waals surface area contributed by atoms with Gasteiger partial charge in [0, 0.05) is 19.0 Å². The fraction of sp³-hybridized carbons (Fsp3) is 0.611. The van der Waals surface area contributed by atoms with E-state index in [9.17, 15) is 4.79 Å². The van der Waals surface area contributed by atoms with E-state index in [1.54, 1.807) is 0 Å². The summed E-state index contributed by atoms with van der Waals surface area (Å²) in [6.07, 6.45) is 7.39. The molecule has 2 aliphatic rings. The average molecular weight is 287 g/mol. The molecule has 0 radical (unpaired) electrons. The molecule has 1 saturated heterocycles. The van der Waals surface area contributed by atoms with Gasteiger partial charge in [0.25, 0.3) is 0 Å². The van der Waals surface area contributed by atoms with E-state index in [0.717, 1.165) is 31.8 Å². The molecule has 1 atom stereocenters. The standard InChI is InChI=1S/C18H25NO2/c20-18(21)11-10-16-6-3-4-12-19(16)13-15-5-1-2-7-17(15)14-8-9-14/h1-2,5,7,14,16H,3-4,6,8-13H2,(H,20,21). The Morgan fingerprint density at radius 3 is 2.76 bits per heavy atom. The highest BCUT2D eigenvalue weighted by molar-refractivity contribution is 5.66. The van der Waals surface area contributed by atoms with Crippen LogP contribution in [-0.2, 0) is 11.3 Å². The van der Waals surface area contributed by atoms with Gasteiger partial charge in [0.2, 0.25) is 0 Å². The third-order valence-corrected chi connectivity index (χ3v) is 4.89. The first-order valence-electron chi connectivity index (χ1n) is 8.27. The molecule has 2 fully saturated rings. The highest BCUT2D eigenvalue weighted by Gasteiger charge is 2.28. The van der Waals surface area contributed by atoms with Gasteiger partial charge in [-0.05, 0) is 55.7 Å². The monoisotopic (exact) mass is 287 g/mol. The number of likely N-dealkylation sites (tertiary alicyclic amines) is 1. The summed E-state index contributed by atoms with van der Waals surface area (Å²) in [5.41, 5.74) is 2.99. The van der Waals surface area contributed by atoms with Crippen LogP contribution in [0.3, 0.4) is 0 Å². The zero-order valence-electron chi connectivity index (χ0n) is 12.6. The third kappa shape index (κ3) is 3.85. The Hall–Kier alpha value is -1.35. The van der Waals surface area contributed by atoms with Gasteiger partial charge in [0.1, 0.15) is 0 Å². The number of carboxylic acid groups (broad SMARTS) is 1. The molecule has 1 aliphatic heterocycles. The van der Waals surface area contributed by atoms with Gasteiger partial charge in [-0.1, -0.05) is 30.7 Å². The molecule has 1 aromatic rings. The van der Waals surface area contributed by atoms with Crippen LogP contribution in [0.2, 0.25) is 0 Å². The van der Waals surface area contributed by atoms with Crippen molar-refractivity contribution in [3.63, 3.8) is 0 Å². The summed E-state index contributed by atoms with van der Waals surface area (Å²) in [6, 6.07) is 9.27. The Morgan fingerprint density at radius 1 is 1.19 bits per heavy atom. The van der Waals surface area contributed by atoms with Crippen molar-refractivity contribution in [3.8, 4) is 0 Å². The van der Waals surface area contributed by atoms with Gasteiger partial charge in [-0.25, -0.2) is 0 Å². The van der Waals surface area contributed by atoms with Crippen LogP contribution >= 0.6 is 0 Å². The predicted molar refractivity (Wildman–Crippen MR) is 83.3 cm³/mol. The molecule has 1 aromatic carbocycles. The van der Waals surface area contributed by atoms with Crippen LogP contribution in [0, 0.1) is 0 Å². The van der Waals surface area contributed by atoms with Crippen molar-refractivity contribution in [2.75, 3.05) is 6.54 Å². The van der Waals surface area contributed by atoms with Crippen LogP contribution in [0.25, 0.3) is 0 Å². The molecule has 1 saturated carbocycles. The largest absolute Gasteiger partial charge is 0.481 e. The number of carbonyl (C=O) groups is 1. The van der Waals surface area contributed by atoms with Crippen molar-refractivity contribution in [2.45, 2.75) is 63.5 Å². The fourth-order valence-electron chi connectivity index (χ4n) is 3.57. The first-order valence-corrected chi connectivity index (χ1v) is 8.27. The normalized spacial score (nSPS) is 23.1. The smallest absolute Gasteiger partial charge is 0.303 e. The lowest BCUT2D eigenvalue weighted by Crippen LogP contribution is -2.39. The van der Waals surface area contributed by atoms with Gasteiger partial charge in [0.15, 0.2) is 0 Å². The number of benzene rings is 1. The zero-order chi connectivity index (χ0) is 14.7. The van der Waals surface area contributed by atoms with E-state index >= 15 is 0 Å². The quantitative estimate of drug-likeness (QED) is 0.865. The third-order valence-electron chi connectivity index (χ3n) is 4.89. The Labute approximate surface area is 127 Å². The summed E-state index contributed by atoms with van der Waals surface area (Å²) in [7, 11) is 0. The van der Waals surface area contributed by atoms with E-state index < -0.39 is 5.97 Å². The lowest BCUT2D eigenvalue weighted by molar-refractivity contribution is -0.137. The van der Waals surface area contributed by atoms with Crippen LogP contribution in [-0.4, -0.2) is 28.6 Å². The molecule has 3 nitrogen and oxygen atoms in total. The van der Waals surface area contributed by atoms with Gasteiger partial charge in [-0.2, -0.15) is 0 Å². The number of nitrogens with zero attached hydrogens (tertiary/aromatic N) is 1. The maximum Gasteiger partial charge on any atom is 0.303 e. The Kier molecular flexibility index (Phi) is 4.59. The average Bonchev–Trinajstić information content (AvgIpc) is 3.31. The van der Waals surface area contributed by atoms with Crippen molar-refractivity contribution in [1.29, 1.82) is 0 Å². The van der Waals surface area contributed by atoms with E-state index in [2.05, 4.69) is 29.2 Å². The minimum absolute atomic E-state index is 0.297. The summed E-state index contributed by atoms with van der Waals surface area (Å²) in [6.45, 7) is 2.11. The first-order chi connectivity index (χ1) is 10.2. The van der Waals surface area contributed by atoms with Crippen molar-refractivity contribution < 1.29 is 9.90 Å². The lowest BCUT2D eigenvalue weighted by Gasteiger charge is -2.36. The summed E-state index contributed by atoms with van der Waals surface area (Å²) in [4.78, 5) is 13.4. The van der Waals surface area contributed by atoms with Gasteiger partial charge in [0.05, 0.1) is 0 Å². The van der Waals surface area contributed by atoms with Crippen LogP contribution in [0.4, 0.5) is 0 Å². The maximum atomic E-state index is 10.8. The number of aliphatic carboxylic acids is 1. The van der Waals surface area contributed by atoms with Crippen LogP contribution in [0.15, 0.2) is 24.3 Å².